The molecule has 0 atom stereocenters. The Hall–Kier alpha value is -3.30. The molecular weight excluding hydrogens is 424 g/mol. The summed E-state index contributed by atoms with van der Waals surface area (Å²) in [5.41, 5.74) is 2.54. The average Bonchev–Trinajstić information content (AvgIpc) is 3.43. The zero-order valence-corrected chi connectivity index (χ0v) is 18.9. The second-order valence-corrected chi connectivity index (χ2v) is 9.25. The van der Waals surface area contributed by atoms with Crippen molar-refractivity contribution in [2.24, 2.45) is 0 Å². The van der Waals surface area contributed by atoms with Crippen LogP contribution >= 0.6 is 11.3 Å². The number of hydrogen-bond acceptors (Lipinski definition) is 6. The Morgan fingerprint density at radius 2 is 1.88 bits per heavy atom. The van der Waals surface area contributed by atoms with Crippen LogP contribution in [0.3, 0.4) is 0 Å². The molecule has 0 unspecified atom stereocenters. The molecule has 1 aliphatic heterocycles. The second kappa shape index (κ2) is 8.33. The van der Waals surface area contributed by atoms with Gasteiger partial charge >= 0.3 is 0 Å². The molecular formula is C23H24N6O2S. The molecule has 0 aliphatic carbocycles. The number of rotatable bonds is 4. The number of carbonyl (C=O) groups excluding carboxylic acids is 1. The second-order valence-electron chi connectivity index (χ2n) is 8.04. The van der Waals surface area contributed by atoms with Crippen molar-refractivity contribution in [3.63, 3.8) is 0 Å². The monoisotopic (exact) mass is 448 g/mol. The third-order valence-electron chi connectivity index (χ3n) is 6.00. The minimum atomic E-state index is -0.0702. The Labute approximate surface area is 189 Å². The molecule has 0 saturated carbocycles. The SMILES string of the molecule is Cc1sc2nc(CN3CCN(C(=O)c4ccc(-n5cccn5)cc4)CC3)[nH]c(=O)c2c1C. The van der Waals surface area contributed by atoms with Gasteiger partial charge in [0.25, 0.3) is 11.5 Å². The van der Waals surface area contributed by atoms with Gasteiger partial charge in [-0.05, 0) is 49.7 Å². The molecule has 1 amide bonds. The summed E-state index contributed by atoms with van der Waals surface area (Å²) in [6.07, 6.45) is 3.60. The largest absolute Gasteiger partial charge is 0.336 e. The van der Waals surface area contributed by atoms with E-state index in [2.05, 4.69) is 20.0 Å². The fourth-order valence-electron chi connectivity index (χ4n) is 4.06. The van der Waals surface area contributed by atoms with Gasteiger partial charge in [0.1, 0.15) is 10.7 Å². The van der Waals surface area contributed by atoms with Gasteiger partial charge in [-0.2, -0.15) is 5.10 Å². The molecule has 0 radical (unpaired) electrons. The first kappa shape index (κ1) is 20.6. The van der Waals surface area contributed by atoms with Gasteiger partial charge in [0.2, 0.25) is 0 Å². The third kappa shape index (κ3) is 3.85. The van der Waals surface area contributed by atoms with E-state index in [1.54, 1.807) is 22.2 Å². The molecule has 8 nitrogen and oxygen atoms in total. The van der Waals surface area contributed by atoms with Crippen LogP contribution in [0.15, 0.2) is 47.5 Å². The van der Waals surface area contributed by atoms with Crippen molar-refractivity contribution in [2.75, 3.05) is 26.2 Å². The fourth-order valence-corrected chi connectivity index (χ4v) is 5.10. The van der Waals surface area contributed by atoms with Crippen molar-refractivity contribution in [3.05, 3.63) is 74.9 Å². The first-order chi connectivity index (χ1) is 15.5. The lowest BCUT2D eigenvalue weighted by Crippen LogP contribution is -2.48. The molecule has 1 saturated heterocycles. The number of carbonyl (C=O) groups is 1. The normalized spacial score (nSPS) is 14.9. The number of aromatic amines is 1. The highest BCUT2D eigenvalue weighted by atomic mass is 32.1. The molecule has 9 heteroatoms. The van der Waals surface area contributed by atoms with E-state index >= 15 is 0 Å². The zero-order valence-electron chi connectivity index (χ0n) is 18.0. The fraction of sp³-hybridized carbons (Fsp3) is 0.304. The molecule has 4 aromatic rings. The van der Waals surface area contributed by atoms with Crippen LogP contribution in [0.4, 0.5) is 0 Å². The van der Waals surface area contributed by atoms with Crippen molar-refractivity contribution < 1.29 is 4.79 Å². The number of H-pyrrole nitrogens is 1. The summed E-state index contributed by atoms with van der Waals surface area (Å²) in [6.45, 7) is 7.31. The number of nitrogens with zero attached hydrogens (tertiary/aromatic N) is 5. The molecule has 5 rings (SSSR count). The van der Waals surface area contributed by atoms with E-state index in [9.17, 15) is 9.59 Å². The van der Waals surface area contributed by atoms with Gasteiger partial charge in [-0.3, -0.25) is 14.5 Å². The lowest BCUT2D eigenvalue weighted by Gasteiger charge is -2.34. The smallest absolute Gasteiger partial charge is 0.259 e. The quantitative estimate of drug-likeness (QED) is 0.519. The predicted octanol–water partition coefficient (Wildman–Crippen LogP) is 2.75. The summed E-state index contributed by atoms with van der Waals surface area (Å²) >= 11 is 1.56. The molecule has 1 fully saturated rings. The van der Waals surface area contributed by atoms with Crippen molar-refractivity contribution >= 4 is 27.5 Å². The first-order valence-corrected chi connectivity index (χ1v) is 11.4. The first-order valence-electron chi connectivity index (χ1n) is 10.6. The van der Waals surface area contributed by atoms with Crippen molar-refractivity contribution in [1.29, 1.82) is 0 Å². The van der Waals surface area contributed by atoms with Crippen molar-refractivity contribution in [3.8, 4) is 5.69 Å². The minimum absolute atomic E-state index is 0.0363. The summed E-state index contributed by atoms with van der Waals surface area (Å²) in [5.74, 6) is 0.715. The van der Waals surface area contributed by atoms with Crippen LogP contribution in [-0.2, 0) is 6.54 Å². The highest BCUT2D eigenvalue weighted by molar-refractivity contribution is 7.18. The molecule has 0 bridgehead atoms. The topological polar surface area (TPSA) is 87.1 Å². The van der Waals surface area contributed by atoms with Crippen LogP contribution in [0.2, 0.25) is 0 Å². The average molecular weight is 449 g/mol. The number of aromatic nitrogens is 4. The number of aryl methyl sites for hydroxylation is 2. The van der Waals surface area contributed by atoms with Gasteiger partial charge in [0.15, 0.2) is 0 Å². The van der Waals surface area contributed by atoms with Crippen LogP contribution in [0, 0.1) is 13.8 Å². The molecule has 1 N–H and O–H groups in total. The predicted molar refractivity (Wildman–Crippen MR) is 124 cm³/mol. The van der Waals surface area contributed by atoms with E-state index in [0.29, 0.717) is 36.4 Å². The van der Waals surface area contributed by atoms with E-state index in [4.69, 9.17) is 0 Å². The highest BCUT2D eigenvalue weighted by Crippen LogP contribution is 2.25. The number of piperazine rings is 1. The molecule has 1 aromatic carbocycles. The number of nitrogens with one attached hydrogen (secondary N) is 1. The number of amides is 1. The molecule has 4 heterocycles. The Bertz CT molecular complexity index is 1320. The maximum absolute atomic E-state index is 12.9. The van der Waals surface area contributed by atoms with E-state index in [1.807, 2.05) is 55.3 Å². The van der Waals surface area contributed by atoms with Crippen molar-refractivity contribution in [2.45, 2.75) is 20.4 Å². The number of benzene rings is 1. The van der Waals surface area contributed by atoms with Gasteiger partial charge in [-0.25, -0.2) is 9.67 Å². The van der Waals surface area contributed by atoms with Crippen LogP contribution < -0.4 is 5.56 Å². The van der Waals surface area contributed by atoms with Crippen LogP contribution in [0.5, 0.6) is 0 Å². The maximum atomic E-state index is 12.9. The number of hydrogen-bond donors (Lipinski definition) is 1. The minimum Gasteiger partial charge on any atom is -0.336 e. The van der Waals surface area contributed by atoms with Gasteiger partial charge < -0.3 is 9.88 Å². The maximum Gasteiger partial charge on any atom is 0.259 e. The van der Waals surface area contributed by atoms with Gasteiger partial charge in [0.05, 0.1) is 17.6 Å². The Morgan fingerprint density at radius 3 is 2.56 bits per heavy atom. The van der Waals surface area contributed by atoms with Crippen LogP contribution in [0.1, 0.15) is 26.6 Å². The number of fused-ring (bicyclic) bond motifs is 1. The third-order valence-corrected chi connectivity index (χ3v) is 7.11. The summed E-state index contributed by atoms with van der Waals surface area (Å²) in [7, 11) is 0. The molecule has 164 valence electrons. The van der Waals surface area contributed by atoms with E-state index in [0.717, 1.165) is 34.0 Å². The van der Waals surface area contributed by atoms with E-state index in [1.165, 1.54) is 0 Å². The molecule has 0 spiro atoms. The summed E-state index contributed by atoms with van der Waals surface area (Å²) in [6, 6.07) is 9.37. The van der Waals surface area contributed by atoms with Crippen molar-refractivity contribution in [1.82, 2.24) is 29.5 Å². The lowest BCUT2D eigenvalue weighted by molar-refractivity contribution is 0.0625. The Balaban J connectivity index is 1.22. The summed E-state index contributed by atoms with van der Waals surface area (Å²) < 4.78 is 1.77. The summed E-state index contributed by atoms with van der Waals surface area (Å²) in [5, 5.41) is 4.91. The van der Waals surface area contributed by atoms with E-state index in [-0.39, 0.29) is 11.5 Å². The van der Waals surface area contributed by atoms with Crippen LogP contribution in [-0.4, -0.2) is 61.6 Å². The standard InChI is InChI=1S/C23H24N6O2S/c1-15-16(2)32-22-20(15)21(30)25-19(26-22)14-27-10-12-28(13-11-27)23(31)17-4-6-18(7-5-17)29-9-3-8-24-29/h3-9H,10-14H2,1-2H3,(H,25,26,30). The Kier molecular flexibility index (Phi) is 5.36. The highest BCUT2D eigenvalue weighted by Gasteiger charge is 2.23. The zero-order chi connectivity index (χ0) is 22.2. The lowest BCUT2D eigenvalue weighted by atomic mass is 10.1. The van der Waals surface area contributed by atoms with Crippen LogP contribution in [0.25, 0.3) is 15.9 Å². The Morgan fingerprint density at radius 1 is 1.12 bits per heavy atom. The van der Waals surface area contributed by atoms with Gasteiger partial charge in [0, 0.05) is 49.0 Å². The molecule has 1 aliphatic rings. The summed E-state index contributed by atoms with van der Waals surface area (Å²) in [4.78, 5) is 39.1. The van der Waals surface area contributed by atoms with Gasteiger partial charge in [-0.1, -0.05) is 0 Å². The number of thiophene rings is 1. The van der Waals surface area contributed by atoms with Gasteiger partial charge in [-0.15, -0.1) is 11.3 Å². The molecule has 3 aromatic heterocycles. The van der Waals surface area contributed by atoms with E-state index < -0.39 is 0 Å². The molecule has 32 heavy (non-hydrogen) atoms.